The highest BCUT2D eigenvalue weighted by Crippen LogP contribution is 2.29. The van der Waals surface area contributed by atoms with E-state index in [0.29, 0.717) is 33.1 Å². The Hall–Kier alpha value is -2.38. The lowest BCUT2D eigenvalue weighted by molar-refractivity contribution is -0.119. The van der Waals surface area contributed by atoms with Crippen LogP contribution in [0, 0.1) is 0 Å². The standard InChI is InChI=1S/C19H20ClN3O3S/c1-4-12-9-13-18(27-12)21-10-23(19(13)25)15(5-2)17(24)22-14-8-11(20)6-7-16(14)26-3/h6-10,15H,4-5H2,1-3H3,(H,22,24). The maximum absolute atomic E-state index is 12.9. The zero-order valence-corrected chi connectivity index (χ0v) is 16.9. The summed E-state index contributed by atoms with van der Waals surface area (Å²) < 4.78 is 6.65. The van der Waals surface area contributed by atoms with Crippen LogP contribution in [0.1, 0.15) is 31.2 Å². The van der Waals surface area contributed by atoms with Crippen molar-refractivity contribution in [2.24, 2.45) is 0 Å². The summed E-state index contributed by atoms with van der Waals surface area (Å²) in [5, 5.41) is 3.83. The van der Waals surface area contributed by atoms with Crippen molar-refractivity contribution in [3.8, 4) is 5.75 Å². The molecule has 1 N–H and O–H groups in total. The van der Waals surface area contributed by atoms with Crippen molar-refractivity contribution in [1.29, 1.82) is 0 Å². The number of hydrogen-bond donors (Lipinski definition) is 1. The smallest absolute Gasteiger partial charge is 0.262 e. The van der Waals surface area contributed by atoms with Crippen LogP contribution in [0.15, 0.2) is 35.4 Å². The maximum Gasteiger partial charge on any atom is 0.262 e. The van der Waals surface area contributed by atoms with Gasteiger partial charge >= 0.3 is 0 Å². The number of hydrogen-bond acceptors (Lipinski definition) is 5. The van der Waals surface area contributed by atoms with Gasteiger partial charge in [-0.25, -0.2) is 4.98 Å². The monoisotopic (exact) mass is 405 g/mol. The Morgan fingerprint density at radius 1 is 1.37 bits per heavy atom. The Labute approximate surface area is 165 Å². The zero-order chi connectivity index (χ0) is 19.6. The first kappa shape index (κ1) is 19.4. The summed E-state index contributed by atoms with van der Waals surface area (Å²) in [4.78, 5) is 31.9. The Morgan fingerprint density at radius 3 is 2.81 bits per heavy atom. The molecule has 27 heavy (non-hydrogen) atoms. The molecular formula is C19H20ClN3O3S. The van der Waals surface area contributed by atoms with Gasteiger partial charge < -0.3 is 10.1 Å². The van der Waals surface area contributed by atoms with E-state index in [9.17, 15) is 9.59 Å². The second kappa shape index (κ2) is 8.10. The minimum atomic E-state index is -0.692. The van der Waals surface area contributed by atoms with E-state index >= 15 is 0 Å². The van der Waals surface area contributed by atoms with Crippen molar-refractivity contribution >= 4 is 44.7 Å². The van der Waals surface area contributed by atoms with E-state index < -0.39 is 6.04 Å². The molecule has 0 aliphatic rings. The average molecular weight is 406 g/mol. The number of fused-ring (bicyclic) bond motifs is 1. The molecule has 0 aliphatic heterocycles. The molecule has 0 saturated heterocycles. The Bertz CT molecular complexity index is 1040. The summed E-state index contributed by atoms with van der Waals surface area (Å²) in [7, 11) is 1.51. The van der Waals surface area contributed by atoms with Crippen LogP contribution in [0.4, 0.5) is 5.69 Å². The molecule has 0 saturated carbocycles. The summed E-state index contributed by atoms with van der Waals surface area (Å²) in [6, 6.07) is 6.13. The number of halogens is 1. The predicted octanol–water partition coefficient (Wildman–Crippen LogP) is 4.27. The molecule has 2 heterocycles. The fourth-order valence-electron chi connectivity index (χ4n) is 2.89. The first-order chi connectivity index (χ1) is 13.0. The summed E-state index contributed by atoms with van der Waals surface area (Å²) in [5.41, 5.74) is 0.246. The van der Waals surface area contributed by atoms with Crippen molar-refractivity contribution in [3.63, 3.8) is 0 Å². The summed E-state index contributed by atoms with van der Waals surface area (Å²) in [6.45, 7) is 3.88. The number of anilines is 1. The van der Waals surface area contributed by atoms with E-state index in [0.717, 1.165) is 11.3 Å². The average Bonchev–Trinajstić information content (AvgIpc) is 3.09. The molecule has 3 aromatic rings. The third kappa shape index (κ3) is 3.84. The molecule has 0 bridgehead atoms. The number of ether oxygens (including phenoxy) is 1. The van der Waals surface area contributed by atoms with Crippen molar-refractivity contribution in [1.82, 2.24) is 9.55 Å². The lowest BCUT2D eigenvalue weighted by atomic mass is 10.2. The van der Waals surface area contributed by atoms with Gasteiger partial charge in [0.05, 0.1) is 24.5 Å². The van der Waals surface area contributed by atoms with Gasteiger partial charge in [0, 0.05) is 9.90 Å². The highest BCUT2D eigenvalue weighted by atomic mass is 35.5. The van der Waals surface area contributed by atoms with E-state index in [1.165, 1.54) is 29.3 Å². The summed E-state index contributed by atoms with van der Waals surface area (Å²) >= 11 is 7.52. The Morgan fingerprint density at radius 2 is 2.15 bits per heavy atom. The number of carbonyl (C=O) groups excluding carboxylic acids is 1. The number of aromatic nitrogens is 2. The van der Waals surface area contributed by atoms with Crippen molar-refractivity contribution in [2.75, 3.05) is 12.4 Å². The number of nitrogens with zero attached hydrogens (tertiary/aromatic N) is 2. The fraction of sp³-hybridized carbons (Fsp3) is 0.316. The second-order valence-corrected chi connectivity index (χ2v) is 7.55. The van der Waals surface area contributed by atoms with Crippen molar-refractivity contribution in [3.05, 3.63) is 50.8 Å². The van der Waals surface area contributed by atoms with E-state index in [4.69, 9.17) is 16.3 Å². The molecule has 0 fully saturated rings. The van der Waals surface area contributed by atoms with Gasteiger partial charge in [0.1, 0.15) is 16.6 Å². The normalized spacial score (nSPS) is 12.1. The van der Waals surface area contributed by atoms with Crippen LogP contribution in [0.25, 0.3) is 10.2 Å². The van der Waals surface area contributed by atoms with Crippen molar-refractivity contribution in [2.45, 2.75) is 32.7 Å². The molecule has 1 amide bonds. The quantitative estimate of drug-likeness (QED) is 0.664. The highest BCUT2D eigenvalue weighted by Gasteiger charge is 2.22. The number of thiophene rings is 1. The van der Waals surface area contributed by atoms with E-state index in [1.807, 2.05) is 19.9 Å². The summed E-state index contributed by atoms with van der Waals surface area (Å²) in [6.07, 6.45) is 2.73. The van der Waals surface area contributed by atoms with Crippen LogP contribution in [-0.4, -0.2) is 22.6 Å². The minimum absolute atomic E-state index is 0.212. The number of methoxy groups -OCH3 is 1. The number of aryl methyl sites for hydroxylation is 1. The van der Waals surface area contributed by atoms with Crippen LogP contribution in [-0.2, 0) is 11.2 Å². The van der Waals surface area contributed by atoms with Gasteiger partial charge in [-0.1, -0.05) is 25.4 Å². The van der Waals surface area contributed by atoms with Gasteiger partial charge in [0.15, 0.2) is 0 Å². The van der Waals surface area contributed by atoms with Gasteiger partial charge in [-0.15, -0.1) is 11.3 Å². The number of carbonyl (C=O) groups is 1. The van der Waals surface area contributed by atoms with Crippen molar-refractivity contribution < 1.29 is 9.53 Å². The highest BCUT2D eigenvalue weighted by molar-refractivity contribution is 7.18. The molecule has 8 heteroatoms. The van der Waals surface area contributed by atoms with Gasteiger partial charge in [-0.05, 0) is 37.1 Å². The number of nitrogens with one attached hydrogen (secondary N) is 1. The van der Waals surface area contributed by atoms with Gasteiger partial charge in [-0.2, -0.15) is 0 Å². The van der Waals surface area contributed by atoms with Gasteiger partial charge in [-0.3, -0.25) is 14.2 Å². The lowest BCUT2D eigenvalue weighted by Crippen LogP contribution is -2.33. The molecule has 1 unspecified atom stereocenters. The fourth-order valence-corrected chi connectivity index (χ4v) is 3.98. The molecule has 1 atom stereocenters. The van der Waals surface area contributed by atoms with E-state index in [2.05, 4.69) is 10.3 Å². The third-order valence-corrected chi connectivity index (χ3v) is 5.74. The molecule has 0 radical (unpaired) electrons. The molecule has 1 aromatic carbocycles. The SMILES string of the molecule is CCc1cc2c(=O)n(C(CC)C(=O)Nc3cc(Cl)ccc3OC)cnc2s1. The van der Waals surface area contributed by atoms with Gasteiger partial charge in [0.25, 0.3) is 5.56 Å². The third-order valence-electron chi connectivity index (χ3n) is 4.32. The van der Waals surface area contributed by atoms with Crippen LogP contribution in [0.3, 0.4) is 0 Å². The molecule has 6 nitrogen and oxygen atoms in total. The molecule has 2 aromatic heterocycles. The number of benzene rings is 1. The molecule has 0 spiro atoms. The minimum Gasteiger partial charge on any atom is -0.495 e. The van der Waals surface area contributed by atoms with E-state index in [1.54, 1.807) is 18.2 Å². The Balaban J connectivity index is 1.96. The van der Waals surface area contributed by atoms with Crippen LogP contribution in [0.5, 0.6) is 5.75 Å². The first-order valence-electron chi connectivity index (χ1n) is 8.62. The van der Waals surface area contributed by atoms with Crippen LogP contribution < -0.4 is 15.6 Å². The first-order valence-corrected chi connectivity index (χ1v) is 9.81. The summed E-state index contributed by atoms with van der Waals surface area (Å²) in [5.74, 6) is 0.168. The predicted molar refractivity (Wildman–Crippen MR) is 109 cm³/mol. The van der Waals surface area contributed by atoms with Gasteiger partial charge in [0.2, 0.25) is 5.91 Å². The van der Waals surface area contributed by atoms with Crippen LogP contribution in [0.2, 0.25) is 5.02 Å². The molecule has 0 aliphatic carbocycles. The Kier molecular flexibility index (Phi) is 5.82. The maximum atomic E-state index is 12.9. The van der Waals surface area contributed by atoms with Crippen LogP contribution >= 0.6 is 22.9 Å². The molecular weight excluding hydrogens is 386 g/mol. The largest absolute Gasteiger partial charge is 0.495 e. The number of amides is 1. The number of rotatable bonds is 6. The zero-order valence-electron chi connectivity index (χ0n) is 15.3. The molecule has 3 rings (SSSR count). The van der Waals surface area contributed by atoms with E-state index in [-0.39, 0.29) is 11.5 Å². The second-order valence-electron chi connectivity index (χ2n) is 6.00. The molecule has 142 valence electrons. The topological polar surface area (TPSA) is 73.2 Å². The lowest BCUT2D eigenvalue weighted by Gasteiger charge is -2.18.